The highest BCUT2D eigenvalue weighted by molar-refractivity contribution is 5.76. The van der Waals surface area contributed by atoms with E-state index in [0.29, 0.717) is 12.5 Å². The van der Waals surface area contributed by atoms with Crippen molar-refractivity contribution in [2.24, 2.45) is 5.92 Å². The molecule has 0 aromatic heterocycles. The van der Waals surface area contributed by atoms with Gasteiger partial charge in [0.25, 0.3) is 0 Å². The third kappa shape index (κ3) is 4.60. The molecule has 4 heteroatoms. The second kappa shape index (κ2) is 7.79. The van der Waals surface area contributed by atoms with Crippen LogP contribution in [0.4, 0.5) is 0 Å². The van der Waals surface area contributed by atoms with Gasteiger partial charge in [-0.15, -0.1) is 0 Å². The molecule has 4 nitrogen and oxygen atoms in total. The summed E-state index contributed by atoms with van der Waals surface area (Å²) in [7, 11) is 0. The number of nitrogens with zero attached hydrogens (tertiary/aromatic N) is 1. The number of aliphatic hydroxyl groups is 1. The highest BCUT2D eigenvalue weighted by atomic mass is 16.3. The van der Waals surface area contributed by atoms with Crippen LogP contribution in [0.25, 0.3) is 0 Å². The first kappa shape index (κ1) is 15.5. The summed E-state index contributed by atoms with van der Waals surface area (Å²) >= 11 is 0. The Morgan fingerprint density at radius 3 is 2.60 bits per heavy atom. The molecule has 1 saturated heterocycles. The Morgan fingerprint density at radius 2 is 2.00 bits per heavy atom. The molecule has 114 valence electrons. The molecule has 2 rings (SSSR count). The lowest BCUT2D eigenvalue weighted by atomic mass is 10.1. The van der Waals surface area contributed by atoms with Gasteiger partial charge in [-0.3, -0.25) is 4.79 Å². The number of likely N-dealkylation sites (tertiary alicyclic amines) is 1. The fourth-order valence-corrected chi connectivity index (χ4v) is 3.17. The normalized spacial score (nSPS) is 28.4. The standard InChI is InChI=1S/C16H28N2O2/c1-13(17-15-7-6-14(11-15)12-19)10-16(20)18-8-4-2-3-5-9-18/h6-7,13-15,17,19H,2-5,8-12H2,1H3/t13-,14+,15-/m1/s1. The molecule has 2 N–H and O–H groups in total. The smallest absolute Gasteiger partial charge is 0.224 e. The van der Waals surface area contributed by atoms with Gasteiger partial charge < -0.3 is 15.3 Å². The van der Waals surface area contributed by atoms with Crippen molar-refractivity contribution in [2.45, 2.75) is 57.5 Å². The molecule has 0 aromatic rings. The molecule has 1 amide bonds. The van der Waals surface area contributed by atoms with Crippen molar-refractivity contribution in [1.29, 1.82) is 0 Å². The maximum Gasteiger partial charge on any atom is 0.224 e. The van der Waals surface area contributed by atoms with Crippen molar-refractivity contribution < 1.29 is 9.90 Å². The largest absolute Gasteiger partial charge is 0.396 e. The number of carbonyl (C=O) groups excluding carboxylic acids is 1. The monoisotopic (exact) mass is 280 g/mol. The Bertz CT molecular complexity index is 335. The topological polar surface area (TPSA) is 52.6 Å². The van der Waals surface area contributed by atoms with Crippen molar-refractivity contribution in [3.8, 4) is 0 Å². The molecule has 1 aliphatic carbocycles. The van der Waals surface area contributed by atoms with E-state index in [9.17, 15) is 4.79 Å². The summed E-state index contributed by atoms with van der Waals surface area (Å²) < 4.78 is 0. The Hall–Kier alpha value is -0.870. The van der Waals surface area contributed by atoms with E-state index in [-0.39, 0.29) is 24.5 Å². The molecule has 0 aromatic carbocycles. The van der Waals surface area contributed by atoms with E-state index >= 15 is 0 Å². The molecule has 0 radical (unpaired) electrons. The van der Waals surface area contributed by atoms with Gasteiger partial charge in [-0.25, -0.2) is 0 Å². The van der Waals surface area contributed by atoms with E-state index in [2.05, 4.69) is 24.4 Å². The van der Waals surface area contributed by atoms with Gasteiger partial charge in [0, 0.05) is 44.1 Å². The van der Waals surface area contributed by atoms with Gasteiger partial charge in [0.15, 0.2) is 0 Å². The lowest BCUT2D eigenvalue weighted by Crippen LogP contribution is -2.40. The van der Waals surface area contributed by atoms with E-state index in [0.717, 1.165) is 32.4 Å². The summed E-state index contributed by atoms with van der Waals surface area (Å²) in [6.45, 7) is 4.16. The number of hydrogen-bond acceptors (Lipinski definition) is 3. The molecule has 0 spiro atoms. The van der Waals surface area contributed by atoms with Crippen LogP contribution in [0, 0.1) is 5.92 Å². The molecule has 3 atom stereocenters. The van der Waals surface area contributed by atoms with Crippen molar-refractivity contribution >= 4 is 5.91 Å². The summed E-state index contributed by atoms with van der Waals surface area (Å²) in [5.74, 6) is 0.564. The van der Waals surface area contributed by atoms with Gasteiger partial charge in [-0.1, -0.05) is 25.0 Å². The molecule has 1 aliphatic heterocycles. The van der Waals surface area contributed by atoms with Crippen LogP contribution >= 0.6 is 0 Å². The first-order valence-electron chi connectivity index (χ1n) is 8.02. The fourth-order valence-electron chi connectivity index (χ4n) is 3.17. The lowest BCUT2D eigenvalue weighted by molar-refractivity contribution is -0.131. The molecule has 2 aliphatic rings. The van der Waals surface area contributed by atoms with Crippen LogP contribution in [0.2, 0.25) is 0 Å². The van der Waals surface area contributed by atoms with Crippen LogP contribution in [0.15, 0.2) is 12.2 Å². The first-order valence-corrected chi connectivity index (χ1v) is 8.02. The highest BCUT2D eigenvalue weighted by Gasteiger charge is 2.22. The Balaban J connectivity index is 1.72. The van der Waals surface area contributed by atoms with Crippen LogP contribution < -0.4 is 5.32 Å². The average Bonchev–Trinajstić information content (AvgIpc) is 2.71. The lowest BCUT2D eigenvalue weighted by Gasteiger charge is -2.24. The molecule has 0 saturated carbocycles. The zero-order chi connectivity index (χ0) is 14.4. The van der Waals surface area contributed by atoms with E-state index < -0.39 is 0 Å². The van der Waals surface area contributed by atoms with Crippen LogP contribution in [-0.4, -0.2) is 47.7 Å². The second-order valence-corrected chi connectivity index (χ2v) is 6.24. The minimum atomic E-state index is 0.192. The first-order chi connectivity index (χ1) is 9.69. The summed E-state index contributed by atoms with van der Waals surface area (Å²) in [6.07, 6.45) is 10.5. The predicted molar refractivity (Wildman–Crippen MR) is 80.4 cm³/mol. The predicted octanol–water partition coefficient (Wildman–Crippen LogP) is 1.69. The van der Waals surface area contributed by atoms with Crippen LogP contribution in [-0.2, 0) is 4.79 Å². The zero-order valence-corrected chi connectivity index (χ0v) is 12.6. The number of aliphatic hydroxyl groups excluding tert-OH is 1. The molecule has 1 fully saturated rings. The third-order valence-corrected chi connectivity index (χ3v) is 4.34. The summed E-state index contributed by atoms with van der Waals surface area (Å²) in [5, 5.41) is 12.6. The second-order valence-electron chi connectivity index (χ2n) is 6.24. The van der Waals surface area contributed by atoms with E-state index in [4.69, 9.17) is 5.11 Å². The molecule has 0 bridgehead atoms. The van der Waals surface area contributed by atoms with E-state index in [1.165, 1.54) is 12.8 Å². The minimum absolute atomic E-state index is 0.192. The molecular formula is C16H28N2O2. The van der Waals surface area contributed by atoms with Crippen LogP contribution in [0.3, 0.4) is 0 Å². The third-order valence-electron chi connectivity index (χ3n) is 4.34. The highest BCUT2D eigenvalue weighted by Crippen LogP contribution is 2.18. The number of hydrogen-bond donors (Lipinski definition) is 2. The van der Waals surface area contributed by atoms with Crippen LogP contribution in [0.1, 0.15) is 45.4 Å². The van der Waals surface area contributed by atoms with Crippen molar-refractivity contribution in [2.75, 3.05) is 19.7 Å². The van der Waals surface area contributed by atoms with Crippen LogP contribution in [0.5, 0.6) is 0 Å². The maximum atomic E-state index is 12.3. The van der Waals surface area contributed by atoms with Crippen molar-refractivity contribution in [1.82, 2.24) is 10.2 Å². The van der Waals surface area contributed by atoms with Gasteiger partial charge in [0.1, 0.15) is 0 Å². The number of amides is 1. The van der Waals surface area contributed by atoms with Crippen molar-refractivity contribution in [3.05, 3.63) is 12.2 Å². The summed E-state index contributed by atoms with van der Waals surface area (Å²) in [5.41, 5.74) is 0. The zero-order valence-electron chi connectivity index (χ0n) is 12.6. The number of nitrogens with one attached hydrogen (secondary N) is 1. The van der Waals surface area contributed by atoms with E-state index in [1.54, 1.807) is 0 Å². The minimum Gasteiger partial charge on any atom is -0.396 e. The number of carbonyl (C=O) groups is 1. The maximum absolute atomic E-state index is 12.3. The molecule has 0 unspecified atom stereocenters. The van der Waals surface area contributed by atoms with Gasteiger partial charge >= 0.3 is 0 Å². The van der Waals surface area contributed by atoms with Gasteiger partial charge in [-0.2, -0.15) is 0 Å². The number of rotatable bonds is 5. The summed E-state index contributed by atoms with van der Waals surface area (Å²) in [6, 6.07) is 0.497. The summed E-state index contributed by atoms with van der Waals surface area (Å²) in [4.78, 5) is 14.3. The SMILES string of the molecule is C[C@H](CC(=O)N1CCCCCC1)N[C@@H]1C=C[C@H](CO)C1. The van der Waals surface area contributed by atoms with Gasteiger partial charge in [0.05, 0.1) is 0 Å². The quantitative estimate of drug-likeness (QED) is 0.754. The van der Waals surface area contributed by atoms with Gasteiger partial charge in [-0.05, 0) is 26.2 Å². The Kier molecular flexibility index (Phi) is 6.05. The van der Waals surface area contributed by atoms with E-state index in [1.807, 2.05) is 4.90 Å². The Morgan fingerprint density at radius 1 is 1.30 bits per heavy atom. The average molecular weight is 280 g/mol. The Labute approximate surface area is 122 Å². The molecular weight excluding hydrogens is 252 g/mol. The van der Waals surface area contributed by atoms with Crippen molar-refractivity contribution in [3.63, 3.8) is 0 Å². The van der Waals surface area contributed by atoms with Gasteiger partial charge in [0.2, 0.25) is 5.91 Å². The fraction of sp³-hybridized carbons (Fsp3) is 0.812. The molecule has 20 heavy (non-hydrogen) atoms. The molecule has 1 heterocycles.